The number of likely N-dealkylation sites (tertiary alicyclic amines) is 1. The summed E-state index contributed by atoms with van der Waals surface area (Å²) in [4.78, 5) is 54.0. The lowest BCUT2D eigenvalue weighted by Crippen LogP contribution is -2.54. The Labute approximate surface area is 180 Å². The van der Waals surface area contributed by atoms with Crippen LogP contribution < -0.4 is 16.4 Å². The minimum Gasteiger partial charge on any atom is -0.370 e. The van der Waals surface area contributed by atoms with E-state index in [1.807, 2.05) is 26.0 Å². The first-order valence-corrected chi connectivity index (χ1v) is 11.1. The van der Waals surface area contributed by atoms with Crippen molar-refractivity contribution >= 4 is 29.3 Å². The van der Waals surface area contributed by atoms with Gasteiger partial charge in [-0.05, 0) is 37.8 Å². The molecule has 164 valence electrons. The van der Waals surface area contributed by atoms with E-state index in [0.717, 1.165) is 43.2 Å². The molecule has 4 aliphatic rings. The van der Waals surface area contributed by atoms with Crippen molar-refractivity contribution in [3.05, 3.63) is 28.8 Å². The molecular formula is C23H28N4O4. The molecule has 3 aliphatic heterocycles. The highest BCUT2D eigenvalue weighted by Gasteiger charge is 2.71. The summed E-state index contributed by atoms with van der Waals surface area (Å²) in [6.45, 7) is 3.89. The van der Waals surface area contributed by atoms with Gasteiger partial charge in [0.1, 0.15) is 5.54 Å². The molecule has 0 unspecified atom stereocenters. The summed E-state index contributed by atoms with van der Waals surface area (Å²) in [5.74, 6) is -3.15. The van der Waals surface area contributed by atoms with Gasteiger partial charge in [0.25, 0.3) is 0 Å². The van der Waals surface area contributed by atoms with Gasteiger partial charge in [-0.15, -0.1) is 0 Å². The van der Waals surface area contributed by atoms with Crippen molar-refractivity contribution in [2.75, 3.05) is 5.32 Å². The SMILES string of the molecule is Cc1ccc2c(c1C)NC(=O)[C@@]21N[C@@H](CC(N)=O)[C@H]2C(=O)N(C3CCCCC3)C(=O)[C@H]21. The zero-order valence-corrected chi connectivity index (χ0v) is 17.9. The summed E-state index contributed by atoms with van der Waals surface area (Å²) in [6, 6.07) is 2.99. The van der Waals surface area contributed by atoms with Gasteiger partial charge in [-0.25, -0.2) is 0 Å². The molecule has 0 radical (unpaired) electrons. The Morgan fingerprint density at radius 1 is 1.13 bits per heavy atom. The summed E-state index contributed by atoms with van der Waals surface area (Å²) < 4.78 is 0. The third-order valence-electron chi connectivity index (χ3n) is 7.82. The normalized spacial score (nSPS) is 32.5. The van der Waals surface area contributed by atoms with Gasteiger partial charge in [-0.1, -0.05) is 31.4 Å². The lowest BCUT2D eigenvalue weighted by Gasteiger charge is -2.33. The van der Waals surface area contributed by atoms with Crippen molar-refractivity contribution in [3.63, 3.8) is 0 Å². The molecule has 3 heterocycles. The highest BCUT2D eigenvalue weighted by Crippen LogP contribution is 2.54. The van der Waals surface area contributed by atoms with Crippen LogP contribution in [-0.2, 0) is 24.7 Å². The number of carbonyl (C=O) groups is 4. The van der Waals surface area contributed by atoms with Gasteiger partial charge in [-0.3, -0.25) is 29.4 Å². The number of fused-ring (bicyclic) bond motifs is 4. The molecule has 4 amide bonds. The second-order valence-electron chi connectivity index (χ2n) is 9.46. The number of amides is 4. The van der Waals surface area contributed by atoms with E-state index in [0.29, 0.717) is 11.3 Å². The number of benzene rings is 1. The van der Waals surface area contributed by atoms with Crippen molar-refractivity contribution in [3.8, 4) is 0 Å². The molecule has 1 aliphatic carbocycles. The first kappa shape index (κ1) is 20.2. The van der Waals surface area contributed by atoms with Crippen LogP contribution >= 0.6 is 0 Å². The Bertz CT molecular complexity index is 1020. The second-order valence-corrected chi connectivity index (χ2v) is 9.46. The summed E-state index contributed by atoms with van der Waals surface area (Å²) >= 11 is 0. The standard InChI is InChI=1S/C23H28N4O4/c1-11-8-9-14-19(12(11)2)25-22(31)23(14)18-17(15(26-23)10-16(24)28)20(29)27(21(18)30)13-6-4-3-5-7-13/h8-9,13,15,17-18,26H,3-7,10H2,1-2H3,(H2,24,28)(H,25,31)/t15-,17+,18-,23+/m0/s1. The maximum atomic E-state index is 13.8. The fourth-order valence-electron chi connectivity index (χ4n) is 6.23. The summed E-state index contributed by atoms with van der Waals surface area (Å²) in [7, 11) is 0. The summed E-state index contributed by atoms with van der Waals surface area (Å²) in [6.07, 6.45) is 4.54. The number of carbonyl (C=O) groups excluding carboxylic acids is 4. The molecule has 5 rings (SSSR count). The maximum absolute atomic E-state index is 13.8. The van der Waals surface area contributed by atoms with Crippen LogP contribution in [-0.4, -0.2) is 40.6 Å². The van der Waals surface area contributed by atoms with E-state index in [9.17, 15) is 19.2 Å². The Kier molecular flexibility index (Phi) is 4.48. The minimum atomic E-state index is -1.37. The van der Waals surface area contributed by atoms with E-state index in [4.69, 9.17) is 5.73 Å². The number of anilines is 1. The smallest absolute Gasteiger partial charge is 0.250 e. The van der Waals surface area contributed by atoms with Crippen LogP contribution in [0.4, 0.5) is 5.69 Å². The Hall–Kier alpha value is -2.74. The number of nitrogens with zero attached hydrogens (tertiary/aromatic N) is 1. The predicted octanol–water partition coefficient (Wildman–Crippen LogP) is 1.23. The van der Waals surface area contributed by atoms with Crippen LogP contribution in [0.1, 0.15) is 55.2 Å². The van der Waals surface area contributed by atoms with E-state index < -0.39 is 29.3 Å². The van der Waals surface area contributed by atoms with E-state index in [1.165, 1.54) is 4.90 Å². The second kappa shape index (κ2) is 6.88. The summed E-state index contributed by atoms with van der Waals surface area (Å²) in [5, 5.41) is 6.21. The molecule has 0 bridgehead atoms. The molecule has 1 aromatic rings. The largest absolute Gasteiger partial charge is 0.370 e. The monoisotopic (exact) mass is 424 g/mol. The molecule has 1 spiro atoms. The van der Waals surface area contributed by atoms with Gasteiger partial charge in [0, 0.05) is 29.8 Å². The Morgan fingerprint density at radius 3 is 2.52 bits per heavy atom. The van der Waals surface area contributed by atoms with Crippen LogP contribution in [0.2, 0.25) is 0 Å². The highest BCUT2D eigenvalue weighted by atomic mass is 16.2. The number of aryl methyl sites for hydroxylation is 1. The van der Waals surface area contributed by atoms with Crippen LogP contribution in [0.5, 0.6) is 0 Å². The molecule has 3 fully saturated rings. The first-order valence-electron chi connectivity index (χ1n) is 11.1. The number of hydrogen-bond acceptors (Lipinski definition) is 5. The molecule has 1 saturated carbocycles. The van der Waals surface area contributed by atoms with Crippen LogP contribution in [0.3, 0.4) is 0 Å². The van der Waals surface area contributed by atoms with Gasteiger partial charge >= 0.3 is 0 Å². The lowest BCUT2D eigenvalue weighted by atomic mass is 9.76. The van der Waals surface area contributed by atoms with Crippen LogP contribution in [0, 0.1) is 25.7 Å². The van der Waals surface area contributed by atoms with Crippen molar-refractivity contribution in [2.45, 2.75) is 70.0 Å². The van der Waals surface area contributed by atoms with E-state index in [2.05, 4.69) is 10.6 Å². The molecule has 0 aromatic heterocycles. The van der Waals surface area contributed by atoms with E-state index in [-0.39, 0.29) is 30.2 Å². The van der Waals surface area contributed by atoms with E-state index in [1.54, 1.807) is 0 Å². The molecule has 8 nitrogen and oxygen atoms in total. The van der Waals surface area contributed by atoms with E-state index >= 15 is 0 Å². The fraction of sp³-hybridized carbons (Fsp3) is 0.565. The Morgan fingerprint density at radius 2 is 1.84 bits per heavy atom. The average molecular weight is 425 g/mol. The number of nitrogens with one attached hydrogen (secondary N) is 2. The van der Waals surface area contributed by atoms with Gasteiger partial charge in [0.15, 0.2) is 0 Å². The predicted molar refractivity (Wildman–Crippen MR) is 113 cm³/mol. The third kappa shape index (κ3) is 2.63. The topological polar surface area (TPSA) is 122 Å². The Balaban J connectivity index is 1.65. The zero-order chi connectivity index (χ0) is 22.1. The van der Waals surface area contributed by atoms with Crippen LogP contribution in [0.25, 0.3) is 0 Å². The van der Waals surface area contributed by atoms with Gasteiger partial charge in [-0.2, -0.15) is 0 Å². The number of hydrogen-bond donors (Lipinski definition) is 3. The van der Waals surface area contributed by atoms with Gasteiger partial charge in [0.05, 0.1) is 11.8 Å². The number of nitrogens with two attached hydrogens (primary N) is 1. The van der Waals surface area contributed by atoms with Crippen molar-refractivity contribution < 1.29 is 19.2 Å². The van der Waals surface area contributed by atoms with Crippen LogP contribution in [0.15, 0.2) is 12.1 Å². The molecule has 4 N–H and O–H groups in total. The third-order valence-corrected chi connectivity index (χ3v) is 7.82. The molecule has 8 heteroatoms. The number of imide groups is 1. The quantitative estimate of drug-likeness (QED) is 0.630. The zero-order valence-electron chi connectivity index (χ0n) is 17.9. The van der Waals surface area contributed by atoms with Gasteiger partial charge < -0.3 is 11.1 Å². The summed E-state index contributed by atoms with van der Waals surface area (Å²) in [5.41, 5.74) is 7.44. The van der Waals surface area contributed by atoms with Crippen molar-refractivity contribution in [1.82, 2.24) is 10.2 Å². The van der Waals surface area contributed by atoms with Crippen molar-refractivity contribution in [2.24, 2.45) is 17.6 Å². The molecule has 4 atom stereocenters. The minimum absolute atomic E-state index is 0.103. The molecule has 2 saturated heterocycles. The first-order chi connectivity index (χ1) is 14.8. The molecular weight excluding hydrogens is 396 g/mol. The average Bonchev–Trinajstić information content (AvgIpc) is 3.30. The maximum Gasteiger partial charge on any atom is 0.250 e. The van der Waals surface area contributed by atoms with Crippen molar-refractivity contribution in [1.29, 1.82) is 0 Å². The molecule has 31 heavy (non-hydrogen) atoms. The number of rotatable bonds is 3. The molecule has 1 aromatic carbocycles. The fourth-order valence-corrected chi connectivity index (χ4v) is 6.23. The van der Waals surface area contributed by atoms with Gasteiger partial charge in [0.2, 0.25) is 23.6 Å². The highest BCUT2D eigenvalue weighted by molar-refractivity contribution is 6.15. The lowest BCUT2D eigenvalue weighted by molar-refractivity contribution is -0.146. The number of primary amides is 1.